The van der Waals surface area contributed by atoms with Gasteiger partial charge in [-0.1, -0.05) is 0 Å². The third-order valence-corrected chi connectivity index (χ3v) is 0. The summed E-state index contributed by atoms with van der Waals surface area (Å²) in [7, 11) is 0. The van der Waals surface area contributed by atoms with Crippen LogP contribution in [0.4, 0.5) is 0 Å². The molecule has 0 bridgehead atoms. The Morgan fingerprint density at radius 2 is 1.00 bits per heavy atom. The Balaban J connectivity index is 0. The fourth-order valence-corrected chi connectivity index (χ4v) is 0. The molecule has 0 aromatic heterocycles. The molecule has 0 heterocycles. The maximum absolute atomic E-state index is 0. The van der Waals surface area contributed by atoms with Crippen LogP contribution < -0.4 is 0 Å². The molecule has 6 heteroatoms. The van der Waals surface area contributed by atoms with Crippen LogP contribution in [0.1, 0.15) is 0 Å². The van der Waals surface area contributed by atoms with Crippen molar-refractivity contribution in [2.45, 2.75) is 0 Å². The normalized spacial score (nSPS) is 0. The zero-order valence-corrected chi connectivity index (χ0v) is 15.7. The van der Waals surface area contributed by atoms with E-state index in [2.05, 4.69) is 0 Å². The van der Waals surface area contributed by atoms with E-state index in [0.717, 1.165) is 0 Å². The molecule has 0 atom stereocenters. The first-order valence-corrected chi connectivity index (χ1v) is 0. The van der Waals surface area contributed by atoms with E-state index in [1.165, 1.54) is 0 Å². The predicted molar refractivity (Wildman–Crippen MR) is 33.2 cm³/mol. The summed E-state index contributed by atoms with van der Waals surface area (Å²) in [5.41, 5.74) is 0. The first kappa shape index (κ1) is 54.1. The van der Waals surface area contributed by atoms with E-state index in [1.54, 1.807) is 0 Å². The molecule has 0 saturated heterocycles. The third kappa shape index (κ3) is 25.4. The molecule has 0 aliphatic heterocycles. The van der Waals surface area contributed by atoms with Crippen molar-refractivity contribution in [3.8, 4) is 0 Å². The van der Waals surface area contributed by atoms with Gasteiger partial charge in [0.1, 0.15) is 0 Å². The largest absolute Gasteiger partial charge is 0 e. The third-order valence-electron chi connectivity index (χ3n) is 0. The first-order valence-electron chi connectivity index (χ1n) is 0. The zero-order chi connectivity index (χ0) is 0. The van der Waals surface area contributed by atoms with Crippen LogP contribution in [-0.2, 0) is 40.8 Å². The fraction of sp³-hybridized carbons (Fsp3) is 0. The first-order chi connectivity index (χ1) is 0. The van der Waals surface area contributed by atoms with Crippen LogP contribution in [0.15, 0.2) is 0 Å². The van der Waals surface area contributed by atoms with Crippen LogP contribution >= 0.6 is 0 Å². The number of hydrogen-bond donors (Lipinski definition) is 0. The molecule has 7 radical (unpaired) electrons. The summed E-state index contributed by atoms with van der Waals surface area (Å²) in [6.07, 6.45) is 0. The van der Waals surface area contributed by atoms with E-state index in [1.807, 2.05) is 0 Å². The van der Waals surface area contributed by atoms with Crippen molar-refractivity contribution in [2.75, 3.05) is 0 Å². The van der Waals surface area contributed by atoms with Crippen LogP contribution in [0, 0.1) is 0 Å². The Kier molecular flexibility index (Phi) is 342. The van der Waals surface area contributed by atoms with E-state index >= 15 is 0 Å². The van der Waals surface area contributed by atoms with Gasteiger partial charge >= 0.3 is 44.4 Å². The topological polar surface area (TPSA) is 0 Å². The minimum absolute atomic E-state index is 0. The molecule has 0 amide bonds. The molecular formula is H2AsCdSSe2Te. The average Bonchev–Trinajstić information content (AvgIpc) is 0. The van der Waals surface area contributed by atoms with Crippen molar-refractivity contribution >= 4 is 89.3 Å². The summed E-state index contributed by atoms with van der Waals surface area (Å²) >= 11 is 0. The minimum Gasteiger partial charge on any atom is 0 e. The molecule has 0 rings (SSSR count). The summed E-state index contributed by atoms with van der Waals surface area (Å²) in [6.45, 7) is 0. The van der Waals surface area contributed by atoms with Crippen LogP contribution in [0.25, 0.3) is 0 Å². The molecule has 0 aromatic carbocycles. The van der Waals surface area contributed by atoms with E-state index in [4.69, 9.17) is 0 Å². The van der Waals surface area contributed by atoms with Gasteiger partial charge in [-0.05, 0) is 0 Å². The molecule has 0 aliphatic rings. The summed E-state index contributed by atoms with van der Waals surface area (Å²) in [4.78, 5) is 0. The molecule has 0 N–H and O–H groups in total. The molecule has 0 aliphatic carbocycles. The van der Waals surface area contributed by atoms with Crippen LogP contribution in [0.5, 0.6) is 0 Å². The fourth-order valence-electron chi connectivity index (χ4n) is 0. The maximum Gasteiger partial charge on any atom is 0 e. The summed E-state index contributed by atoms with van der Waals surface area (Å²) in [6, 6.07) is 0. The van der Waals surface area contributed by atoms with Crippen molar-refractivity contribution < 1.29 is 27.3 Å². The zero-order valence-electron chi connectivity index (χ0n) is 2.88. The Morgan fingerprint density at radius 3 is 1.00 bits per heavy atom. The summed E-state index contributed by atoms with van der Waals surface area (Å²) in [5.74, 6) is 0. The van der Waals surface area contributed by atoms with Crippen molar-refractivity contribution in [1.29, 1.82) is 0 Å². The standard InChI is InChI=1S/As.Cd.S.H2Se.Se.Te/h;;;1H2;;/q;+2;-2;;;. The number of hydrogen-bond acceptors (Lipinski definition) is 0. The average molecular weight is 507 g/mol. The van der Waals surface area contributed by atoms with Crippen molar-refractivity contribution in [2.24, 2.45) is 0 Å². The van der Waals surface area contributed by atoms with Gasteiger partial charge in [-0.15, -0.1) is 0 Å². The van der Waals surface area contributed by atoms with Gasteiger partial charge in [0.15, 0.2) is 0 Å². The molecule has 0 aromatic rings. The van der Waals surface area contributed by atoms with Gasteiger partial charge in [0.2, 0.25) is 0 Å². The molecule has 0 nitrogen and oxygen atoms in total. The van der Waals surface area contributed by atoms with Crippen LogP contribution in [0.2, 0.25) is 0 Å². The van der Waals surface area contributed by atoms with Gasteiger partial charge in [-0.25, -0.2) is 0 Å². The second kappa shape index (κ2) is 37.9. The SMILES string of the molecule is [As].[Cd+2].[S-2].[SeH2].[Se].[Te]. The van der Waals surface area contributed by atoms with Crippen molar-refractivity contribution in [3.05, 3.63) is 0 Å². The van der Waals surface area contributed by atoms with Crippen LogP contribution in [-0.4, -0.2) is 75.8 Å². The quantitative estimate of drug-likeness (QED) is 0.332. The molecular weight excluding hydrogens is 505 g/mol. The van der Waals surface area contributed by atoms with Gasteiger partial charge in [0.25, 0.3) is 0 Å². The molecule has 6 heavy (non-hydrogen) atoms. The van der Waals surface area contributed by atoms with E-state index in [0.29, 0.717) is 0 Å². The van der Waals surface area contributed by atoms with Gasteiger partial charge in [-0.2, -0.15) is 0 Å². The Hall–Kier alpha value is 3.66. The molecule has 0 spiro atoms. The molecule has 33 valence electrons. The van der Waals surface area contributed by atoms with Gasteiger partial charge < -0.3 is 13.5 Å². The molecule has 0 fully saturated rings. The van der Waals surface area contributed by atoms with Gasteiger partial charge in [0.05, 0.1) is 0 Å². The Bertz CT molecular complexity index is 13.5. The minimum atomic E-state index is 0. The van der Waals surface area contributed by atoms with E-state index < -0.39 is 0 Å². The second-order valence-corrected chi connectivity index (χ2v) is 0. The van der Waals surface area contributed by atoms with Gasteiger partial charge in [0, 0.05) is 58.7 Å². The van der Waals surface area contributed by atoms with Crippen molar-refractivity contribution in [3.63, 3.8) is 0 Å². The molecule has 0 saturated carbocycles. The smallest absolute Gasteiger partial charge is 0 e. The van der Waals surface area contributed by atoms with Crippen LogP contribution in [0.3, 0.4) is 0 Å². The Labute approximate surface area is 114 Å². The summed E-state index contributed by atoms with van der Waals surface area (Å²) in [5, 5.41) is 0. The van der Waals surface area contributed by atoms with Crippen molar-refractivity contribution in [1.82, 2.24) is 0 Å². The number of rotatable bonds is 0. The summed E-state index contributed by atoms with van der Waals surface area (Å²) < 4.78 is 0. The second-order valence-electron chi connectivity index (χ2n) is 0. The maximum atomic E-state index is 0. The Morgan fingerprint density at radius 1 is 1.00 bits per heavy atom. The predicted octanol–water partition coefficient (Wildman–Crippen LogP) is -2.06. The monoisotopic (exact) mass is 513 g/mol. The van der Waals surface area contributed by atoms with E-state index in [9.17, 15) is 0 Å². The van der Waals surface area contributed by atoms with E-state index in [-0.39, 0.29) is 117 Å². The molecule has 0 unspecified atom stereocenters. The van der Waals surface area contributed by atoms with Gasteiger partial charge in [-0.3, -0.25) is 0 Å².